The number of nitrogens with zero attached hydrogens (tertiary/aromatic N) is 3. The van der Waals surface area contributed by atoms with E-state index in [1.165, 1.54) is 6.42 Å². The minimum Gasteiger partial charge on any atom is -0.379 e. The van der Waals surface area contributed by atoms with Crippen molar-refractivity contribution >= 4 is 5.91 Å². The Labute approximate surface area is 142 Å². The van der Waals surface area contributed by atoms with Gasteiger partial charge >= 0.3 is 0 Å². The maximum absolute atomic E-state index is 12.4. The van der Waals surface area contributed by atoms with Gasteiger partial charge in [0.2, 0.25) is 0 Å². The first-order chi connectivity index (χ1) is 11.7. The quantitative estimate of drug-likeness (QED) is 0.828. The van der Waals surface area contributed by atoms with E-state index >= 15 is 0 Å². The molecule has 1 unspecified atom stereocenters. The van der Waals surface area contributed by atoms with E-state index < -0.39 is 0 Å². The first-order valence-electron chi connectivity index (χ1n) is 8.88. The third-order valence-electron chi connectivity index (χ3n) is 5.38. The highest BCUT2D eigenvalue weighted by molar-refractivity contribution is 5.93. The molecule has 3 aliphatic heterocycles. The van der Waals surface area contributed by atoms with Gasteiger partial charge in [-0.2, -0.15) is 0 Å². The molecular formula is C18H25N3O3. The van der Waals surface area contributed by atoms with Gasteiger partial charge in [0.15, 0.2) is 0 Å². The van der Waals surface area contributed by atoms with E-state index in [1.54, 1.807) is 12.3 Å². The Morgan fingerprint density at radius 3 is 2.79 bits per heavy atom. The maximum Gasteiger partial charge on any atom is 0.272 e. The monoisotopic (exact) mass is 331 g/mol. The van der Waals surface area contributed by atoms with Crippen LogP contribution in [0.2, 0.25) is 0 Å². The number of hydrogen-bond donors (Lipinski definition) is 0. The van der Waals surface area contributed by atoms with Crippen LogP contribution in [0, 0.1) is 5.92 Å². The highest BCUT2D eigenvalue weighted by Gasteiger charge is 2.48. The number of carbonyl (C=O) groups excluding carboxylic acids is 1. The van der Waals surface area contributed by atoms with Crippen molar-refractivity contribution in [2.45, 2.75) is 18.4 Å². The predicted molar refractivity (Wildman–Crippen MR) is 88.8 cm³/mol. The van der Waals surface area contributed by atoms with E-state index in [-0.39, 0.29) is 11.5 Å². The Bertz CT molecular complexity index is 558. The summed E-state index contributed by atoms with van der Waals surface area (Å²) < 4.78 is 11.6. The van der Waals surface area contributed by atoms with Crippen LogP contribution in [0.15, 0.2) is 24.4 Å². The van der Waals surface area contributed by atoms with Gasteiger partial charge in [-0.05, 0) is 30.9 Å². The lowest BCUT2D eigenvalue weighted by Gasteiger charge is -2.53. The third kappa shape index (κ3) is 3.31. The predicted octanol–water partition coefficient (Wildman–Crippen LogP) is 1.03. The summed E-state index contributed by atoms with van der Waals surface area (Å²) in [5.41, 5.74) is 0.416. The Morgan fingerprint density at radius 1 is 1.29 bits per heavy atom. The van der Waals surface area contributed by atoms with E-state index in [1.807, 2.05) is 17.0 Å². The number of ether oxygens (including phenoxy) is 2. The number of carbonyl (C=O) groups is 1. The minimum atomic E-state index is -0.105. The van der Waals surface area contributed by atoms with Crippen LogP contribution in [0.5, 0.6) is 0 Å². The van der Waals surface area contributed by atoms with Crippen LogP contribution in [0.3, 0.4) is 0 Å². The normalized spacial score (nSPS) is 27.0. The van der Waals surface area contributed by atoms with Gasteiger partial charge in [-0.3, -0.25) is 14.7 Å². The molecular weight excluding hydrogens is 306 g/mol. The molecule has 6 heteroatoms. The van der Waals surface area contributed by atoms with Crippen molar-refractivity contribution in [2.24, 2.45) is 5.92 Å². The van der Waals surface area contributed by atoms with Crippen LogP contribution in [0.1, 0.15) is 23.3 Å². The smallest absolute Gasteiger partial charge is 0.272 e. The summed E-state index contributed by atoms with van der Waals surface area (Å²) in [5.74, 6) is 0.620. The molecule has 1 amide bonds. The summed E-state index contributed by atoms with van der Waals surface area (Å²) in [7, 11) is 0. The highest BCUT2D eigenvalue weighted by Crippen LogP contribution is 2.36. The Balaban J connectivity index is 1.24. The average Bonchev–Trinajstić information content (AvgIpc) is 2.62. The lowest BCUT2D eigenvalue weighted by molar-refractivity contribution is -0.169. The number of morpholine rings is 1. The highest BCUT2D eigenvalue weighted by atomic mass is 16.5. The number of likely N-dealkylation sites (tertiary alicyclic amines) is 1. The zero-order valence-electron chi connectivity index (χ0n) is 14.0. The first-order valence-corrected chi connectivity index (χ1v) is 8.88. The van der Waals surface area contributed by atoms with Crippen molar-refractivity contribution in [3.8, 4) is 0 Å². The van der Waals surface area contributed by atoms with Crippen LogP contribution >= 0.6 is 0 Å². The van der Waals surface area contributed by atoms with Crippen LogP contribution in [-0.4, -0.2) is 78.8 Å². The summed E-state index contributed by atoms with van der Waals surface area (Å²) in [6, 6.07) is 5.45. The van der Waals surface area contributed by atoms with Crippen molar-refractivity contribution in [1.82, 2.24) is 14.8 Å². The molecule has 1 spiro atoms. The SMILES string of the molecule is O=C(c1ccccn1)N1CC2(CCC(CN3CCOCC3)CO2)C1. The third-order valence-corrected chi connectivity index (χ3v) is 5.38. The van der Waals surface area contributed by atoms with Gasteiger partial charge in [0.05, 0.1) is 32.9 Å². The van der Waals surface area contributed by atoms with Crippen molar-refractivity contribution in [2.75, 3.05) is 52.5 Å². The van der Waals surface area contributed by atoms with Crippen molar-refractivity contribution in [1.29, 1.82) is 0 Å². The van der Waals surface area contributed by atoms with Crippen molar-refractivity contribution in [3.63, 3.8) is 0 Å². The van der Waals surface area contributed by atoms with Crippen LogP contribution in [-0.2, 0) is 9.47 Å². The number of aromatic nitrogens is 1. The van der Waals surface area contributed by atoms with E-state index in [9.17, 15) is 4.79 Å². The second-order valence-electron chi connectivity index (χ2n) is 7.19. The topological polar surface area (TPSA) is 54.9 Å². The van der Waals surface area contributed by atoms with Gasteiger partial charge in [0, 0.05) is 25.8 Å². The summed E-state index contributed by atoms with van der Waals surface area (Å²) >= 11 is 0. The summed E-state index contributed by atoms with van der Waals surface area (Å²) in [4.78, 5) is 20.8. The standard InChI is InChI=1S/C18H25N3O3/c22-17(16-3-1-2-6-19-16)21-13-18(14-21)5-4-15(12-24-18)11-20-7-9-23-10-8-20/h1-3,6,15H,4-5,7-14H2. The molecule has 1 aromatic rings. The average molecular weight is 331 g/mol. The summed E-state index contributed by atoms with van der Waals surface area (Å²) in [5, 5.41) is 0. The first kappa shape index (κ1) is 16.0. The lowest BCUT2D eigenvalue weighted by Crippen LogP contribution is -2.66. The van der Waals surface area contributed by atoms with Crippen LogP contribution in [0.25, 0.3) is 0 Å². The summed E-state index contributed by atoms with van der Waals surface area (Å²) in [6.45, 7) is 7.09. The van der Waals surface area contributed by atoms with Crippen molar-refractivity contribution < 1.29 is 14.3 Å². The zero-order chi connectivity index (χ0) is 16.4. The molecule has 3 fully saturated rings. The van der Waals surface area contributed by atoms with E-state index in [4.69, 9.17) is 9.47 Å². The zero-order valence-corrected chi connectivity index (χ0v) is 14.0. The fourth-order valence-electron chi connectivity index (χ4n) is 3.90. The minimum absolute atomic E-state index is 0.0141. The molecule has 0 aliphatic carbocycles. The molecule has 3 saturated heterocycles. The van der Waals surface area contributed by atoms with Crippen molar-refractivity contribution in [3.05, 3.63) is 30.1 Å². The Kier molecular flexibility index (Phi) is 4.52. The molecule has 3 aliphatic rings. The number of amides is 1. The number of rotatable bonds is 3. The molecule has 4 rings (SSSR count). The molecule has 1 aromatic heterocycles. The second kappa shape index (κ2) is 6.78. The van der Waals surface area contributed by atoms with Gasteiger partial charge in [-0.15, -0.1) is 0 Å². The fourth-order valence-corrected chi connectivity index (χ4v) is 3.90. The van der Waals surface area contributed by atoms with Gasteiger partial charge in [0.1, 0.15) is 11.3 Å². The molecule has 6 nitrogen and oxygen atoms in total. The summed E-state index contributed by atoms with van der Waals surface area (Å²) in [6.07, 6.45) is 3.90. The number of pyridine rings is 1. The maximum atomic E-state index is 12.4. The number of hydrogen-bond acceptors (Lipinski definition) is 5. The van der Waals surface area contributed by atoms with E-state index in [0.717, 1.165) is 45.9 Å². The molecule has 1 atom stereocenters. The molecule has 4 heterocycles. The lowest BCUT2D eigenvalue weighted by atomic mass is 9.82. The van der Waals surface area contributed by atoms with Gasteiger partial charge in [-0.1, -0.05) is 6.07 Å². The molecule has 0 N–H and O–H groups in total. The van der Waals surface area contributed by atoms with Crippen LogP contribution < -0.4 is 0 Å². The largest absolute Gasteiger partial charge is 0.379 e. The molecule has 130 valence electrons. The fraction of sp³-hybridized carbons (Fsp3) is 0.667. The molecule has 0 radical (unpaired) electrons. The molecule has 0 saturated carbocycles. The Morgan fingerprint density at radius 2 is 2.12 bits per heavy atom. The Hall–Kier alpha value is -1.50. The van der Waals surface area contributed by atoms with Gasteiger partial charge < -0.3 is 14.4 Å². The molecule has 0 bridgehead atoms. The molecule has 0 aromatic carbocycles. The second-order valence-corrected chi connectivity index (χ2v) is 7.19. The van der Waals surface area contributed by atoms with E-state index in [0.29, 0.717) is 24.7 Å². The van der Waals surface area contributed by atoms with Gasteiger partial charge in [0.25, 0.3) is 5.91 Å². The van der Waals surface area contributed by atoms with Gasteiger partial charge in [-0.25, -0.2) is 0 Å². The van der Waals surface area contributed by atoms with Crippen LogP contribution in [0.4, 0.5) is 0 Å². The molecule has 24 heavy (non-hydrogen) atoms. The van der Waals surface area contributed by atoms with E-state index in [2.05, 4.69) is 9.88 Å².